The zero-order valence-corrected chi connectivity index (χ0v) is 8.99. The lowest BCUT2D eigenvalue weighted by molar-refractivity contribution is -0.137. The van der Waals surface area contributed by atoms with Crippen LogP contribution in [0.4, 0.5) is 19.0 Å². The van der Waals surface area contributed by atoms with Crippen molar-refractivity contribution in [1.82, 2.24) is 9.78 Å². The monoisotopic (exact) mass is 241 g/mol. The SMILES string of the molecule is Cn1cc(-c2ccc(C(F)(F)F)cc2)c(N)n1. The topological polar surface area (TPSA) is 43.8 Å². The van der Waals surface area contributed by atoms with E-state index in [0.29, 0.717) is 16.9 Å². The molecule has 0 saturated heterocycles. The summed E-state index contributed by atoms with van der Waals surface area (Å²) >= 11 is 0. The molecule has 6 heteroatoms. The summed E-state index contributed by atoms with van der Waals surface area (Å²) in [5.41, 5.74) is 6.21. The Labute approximate surface area is 95.7 Å². The minimum absolute atomic E-state index is 0.298. The first-order valence-corrected chi connectivity index (χ1v) is 4.84. The molecule has 0 spiro atoms. The second-order valence-corrected chi connectivity index (χ2v) is 3.68. The van der Waals surface area contributed by atoms with Crippen molar-refractivity contribution in [3.05, 3.63) is 36.0 Å². The lowest BCUT2D eigenvalue weighted by Crippen LogP contribution is -2.04. The van der Waals surface area contributed by atoms with Gasteiger partial charge in [-0.1, -0.05) is 12.1 Å². The van der Waals surface area contributed by atoms with Gasteiger partial charge in [-0.25, -0.2) is 0 Å². The number of alkyl halides is 3. The van der Waals surface area contributed by atoms with Gasteiger partial charge in [0.25, 0.3) is 0 Å². The zero-order chi connectivity index (χ0) is 12.6. The van der Waals surface area contributed by atoms with E-state index in [4.69, 9.17) is 5.73 Å². The van der Waals surface area contributed by atoms with Crippen LogP contribution in [0.3, 0.4) is 0 Å². The van der Waals surface area contributed by atoms with Crippen LogP contribution in [0.15, 0.2) is 30.5 Å². The predicted octanol–water partition coefficient (Wildman–Crippen LogP) is 2.69. The molecule has 1 heterocycles. The Bertz CT molecular complexity index is 526. The van der Waals surface area contributed by atoms with E-state index in [2.05, 4.69) is 5.10 Å². The Kier molecular flexibility index (Phi) is 2.57. The Morgan fingerprint density at radius 3 is 2.18 bits per heavy atom. The van der Waals surface area contributed by atoms with E-state index in [9.17, 15) is 13.2 Å². The van der Waals surface area contributed by atoms with Gasteiger partial charge in [0.1, 0.15) is 0 Å². The van der Waals surface area contributed by atoms with Crippen molar-refractivity contribution in [3.63, 3.8) is 0 Å². The van der Waals surface area contributed by atoms with Crippen LogP contribution in [-0.2, 0) is 13.2 Å². The van der Waals surface area contributed by atoms with Crippen LogP contribution >= 0.6 is 0 Å². The molecule has 0 aliphatic heterocycles. The summed E-state index contributed by atoms with van der Waals surface area (Å²) in [6, 6.07) is 4.83. The highest BCUT2D eigenvalue weighted by atomic mass is 19.4. The van der Waals surface area contributed by atoms with Crippen molar-refractivity contribution < 1.29 is 13.2 Å². The summed E-state index contributed by atoms with van der Waals surface area (Å²) in [6.07, 6.45) is -2.66. The molecule has 0 saturated carbocycles. The average molecular weight is 241 g/mol. The van der Waals surface area contributed by atoms with E-state index in [-0.39, 0.29) is 0 Å². The number of aryl methyl sites for hydroxylation is 1. The van der Waals surface area contributed by atoms with Crippen LogP contribution in [0, 0.1) is 0 Å². The fraction of sp³-hybridized carbons (Fsp3) is 0.182. The first-order chi connectivity index (χ1) is 7.88. The van der Waals surface area contributed by atoms with E-state index in [1.54, 1.807) is 13.2 Å². The Balaban J connectivity index is 2.39. The molecule has 17 heavy (non-hydrogen) atoms. The molecule has 0 unspecified atom stereocenters. The molecule has 2 N–H and O–H groups in total. The Morgan fingerprint density at radius 2 is 1.76 bits per heavy atom. The average Bonchev–Trinajstić information content (AvgIpc) is 2.57. The number of anilines is 1. The second-order valence-electron chi connectivity index (χ2n) is 3.68. The maximum Gasteiger partial charge on any atom is 0.416 e. The summed E-state index contributed by atoms with van der Waals surface area (Å²) < 4.78 is 38.6. The van der Waals surface area contributed by atoms with Crippen molar-refractivity contribution in [2.24, 2.45) is 7.05 Å². The van der Waals surface area contributed by atoms with E-state index >= 15 is 0 Å². The molecule has 1 aromatic carbocycles. The normalized spacial score (nSPS) is 11.8. The first kappa shape index (κ1) is 11.5. The maximum absolute atomic E-state index is 12.4. The van der Waals surface area contributed by atoms with Gasteiger partial charge in [-0.3, -0.25) is 4.68 Å². The van der Waals surface area contributed by atoms with Crippen LogP contribution < -0.4 is 5.73 Å². The highest BCUT2D eigenvalue weighted by Gasteiger charge is 2.30. The number of rotatable bonds is 1. The first-order valence-electron chi connectivity index (χ1n) is 4.84. The molecular formula is C11H10F3N3. The third-order valence-electron chi connectivity index (χ3n) is 2.38. The molecule has 0 amide bonds. The van der Waals surface area contributed by atoms with Crippen LogP contribution in [-0.4, -0.2) is 9.78 Å². The zero-order valence-electron chi connectivity index (χ0n) is 8.99. The van der Waals surface area contributed by atoms with Crippen molar-refractivity contribution in [2.75, 3.05) is 5.73 Å². The molecular weight excluding hydrogens is 231 g/mol. The third-order valence-corrected chi connectivity index (χ3v) is 2.38. The molecule has 2 aromatic rings. The van der Waals surface area contributed by atoms with Gasteiger partial charge in [-0.2, -0.15) is 18.3 Å². The quantitative estimate of drug-likeness (QED) is 0.834. The lowest BCUT2D eigenvalue weighted by Gasteiger charge is -2.06. The summed E-state index contributed by atoms with van der Waals surface area (Å²) in [4.78, 5) is 0. The number of hydrogen-bond donors (Lipinski definition) is 1. The fourth-order valence-corrected chi connectivity index (χ4v) is 1.57. The van der Waals surface area contributed by atoms with Crippen molar-refractivity contribution >= 4 is 5.82 Å². The number of aromatic nitrogens is 2. The van der Waals surface area contributed by atoms with E-state index in [0.717, 1.165) is 12.1 Å². The van der Waals surface area contributed by atoms with Gasteiger partial charge in [0, 0.05) is 18.8 Å². The number of nitrogens with zero attached hydrogens (tertiary/aromatic N) is 2. The minimum Gasteiger partial charge on any atom is -0.382 e. The van der Waals surface area contributed by atoms with Crippen molar-refractivity contribution in [3.8, 4) is 11.1 Å². The number of nitrogen functional groups attached to an aromatic ring is 1. The van der Waals surface area contributed by atoms with Gasteiger partial charge >= 0.3 is 6.18 Å². The van der Waals surface area contributed by atoms with E-state index in [1.165, 1.54) is 16.8 Å². The summed E-state index contributed by atoms with van der Waals surface area (Å²) in [7, 11) is 1.70. The third kappa shape index (κ3) is 2.25. The van der Waals surface area contributed by atoms with Gasteiger partial charge in [0.05, 0.1) is 5.56 Å². The molecule has 0 bridgehead atoms. The molecule has 0 aliphatic rings. The molecule has 0 radical (unpaired) electrons. The molecule has 90 valence electrons. The molecule has 3 nitrogen and oxygen atoms in total. The predicted molar refractivity (Wildman–Crippen MR) is 58.1 cm³/mol. The molecule has 1 aromatic heterocycles. The van der Waals surface area contributed by atoms with Gasteiger partial charge in [-0.05, 0) is 17.7 Å². The van der Waals surface area contributed by atoms with Gasteiger partial charge in [0.2, 0.25) is 0 Å². The van der Waals surface area contributed by atoms with Crippen LogP contribution in [0.5, 0.6) is 0 Å². The summed E-state index contributed by atoms with van der Waals surface area (Å²) in [6.45, 7) is 0. The molecule has 2 rings (SSSR count). The Morgan fingerprint density at radius 1 is 1.18 bits per heavy atom. The number of benzene rings is 1. The number of hydrogen-bond acceptors (Lipinski definition) is 2. The van der Waals surface area contributed by atoms with Crippen LogP contribution in [0.1, 0.15) is 5.56 Å². The minimum atomic E-state index is -4.32. The van der Waals surface area contributed by atoms with Gasteiger partial charge in [-0.15, -0.1) is 0 Å². The highest BCUT2D eigenvalue weighted by molar-refractivity contribution is 5.73. The second kappa shape index (κ2) is 3.80. The highest BCUT2D eigenvalue weighted by Crippen LogP contribution is 2.31. The van der Waals surface area contributed by atoms with Crippen molar-refractivity contribution in [2.45, 2.75) is 6.18 Å². The number of nitrogens with two attached hydrogens (primary N) is 1. The molecule has 0 fully saturated rings. The summed E-state index contributed by atoms with van der Waals surface area (Å²) in [5.74, 6) is 0.298. The van der Waals surface area contributed by atoms with E-state index < -0.39 is 11.7 Å². The number of halogens is 3. The van der Waals surface area contributed by atoms with Crippen LogP contribution in [0.25, 0.3) is 11.1 Å². The molecule has 0 aliphatic carbocycles. The lowest BCUT2D eigenvalue weighted by atomic mass is 10.1. The van der Waals surface area contributed by atoms with E-state index in [1.807, 2.05) is 0 Å². The maximum atomic E-state index is 12.4. The molecule has 0 atom stereocenters. The fourth-order valence-electron chi connectivity index (χ4n) is 1.57. The standard InChI is InChI=1S/C11H10F3N3/c1-17-6-9(10(15)16-17)7-2-4-8(5-3-7)11(12,13)14/h2-6H,1H3,(H2,15,16). The van der Waals surface area contributed by atoms with Crippen LogP contribution in [0.2, 0.25) is 0 Å². The van der Waals surface area contributed by atoms with Gasteiger partial charge in [0.15, 0.2) is 5.82 Å². The summed E-state index contributed by atoms with van der Waals surface area (Å²) in [5, 5.41) is 3.93. The van der Waals surface area contributed by atoms with Crippen molar-refractivity contribution in [1.29, 1.82) is 0 Å². The largest absolute Gasteiger partial charge is 0.416 e. The Hall–Kier alpha value is -1.98. The van der Waals surface area contributed by atoms with Gasteiger partial charge < -0.3 is 5.73 Å². The smallest absolute Gasteiger partial charge is 0.382 e.